The highest BCUT2D eigenvalue weighted by molar-refractivity contribution is 5.86. The third kappa shape index (κ3) is 4.00. The van der Waals surface area contributed by atoms with E-state index in [1.54, 1.807) is 4.90 Å². The number of carbonyl (C=O) groups is 2. The zero-order valence-electron chi connectivity index (χ0n) is 13.6. The summed E-state index contributed by atoms with van der Waals surface area (Å²) in [5.41, 5.74) is 0. The van der Waals surface area contributed by atoms with Gasteiger partial charge in [0.05, 0.1) is 13.1 Å². The number of likely N-dealkylation sites (tertiary alicyclic amines) is 1. The van der Waals surface area contributed by atoms with E-state index in [4.69, 9.17) is 0 Å². The van der Waals surface area contributed by atoms with Crippen molar-refractivity contribution in [3.8, 4) is 0 Å². The van der Waals surface area contributed by atoms with Crippen LogP contribution in [0.25, 0.3) is 0 Å². The minimum Gasteiger partial charge on any atom is -0.353 e. The molecule has 0 spiro atoms. The van der Waals surface area contributed by atoms with Crippen LogP contribution in [0, 0.1) is 5.92 Å². The molecule has 5 heteroatoms. The van der Waals surface area contributed by atoms with Gasteiger partial charge in [0.25, 0.3) is 0 Å². The van der Waals surface area contributed by atoms with E-state index in [0.717, 1.165) is 12.5 Å². The highest BCUT2D eigenvalue weighted by atomic mass is 16.2. The van der Waals surface area contributed by atoms with Crippen LogP contribution in [0.4, 0.5) is 0 Å². The number of nitrogens with one attached hydrogen (secondary N) is 1. The lowest BCUT2D eigenvalue weighted by molar-refractivity contribution is -0.139. The number of hydrogen-bond acceptors (Lipinski definition) is 3. The molecule has 3 fully saturated rings. The van der Waals surface area contributed by atoms with E-state index >= 15 is 0 Å². The third-order valence-electron chi connectivity index (χ3n) is 5.56. The van der Waals surface area contributed by atoms with Gasteiger partial charge in [-0.2, -0.15) is 0 Å². The highest BCUT2D eigenvalue weighted by Crippen LogP contribution is 2.31. The molecule has 0 unspecified atom stereocenters. The molecule has 3 rings (SSSR count). The smallest absolute Gasteiger partial charge is 0.239 e. The number of nitrogens with zero attached hydrogens (tertiary/aromatic N) is 2. The Balaban J connectivity index is 1.49. The van der Waals surface area contributed by atoms with Crippen LogP contribution in [0.1, 0.15) is 51.4 Å². The van der Waals surface area contributed by atoms with E-state index in [1.165, 1.54) is 51.4 Å². The molecule has 0 radical (unpaired) electrons. The second-order valence-corrected chi connectivity index (χ2v) is 7.17. The molecule has 22 heavy (non-hydrogen) atoms. The summed E-state index contributed by atoms with van der Waals surface area (Å²) in [5.74, 6) is 0.973. The Morgan fingerprint density at radius 2 is 1.91 bits per heavy atom. The van der Waals surface area contributed by atoms with Crippen molar-refractivity contribution in [2.75, 3.05) is 32.7 Å². The first-order valence-electron chi connectivity index (χ1n) is 9.01. The zero-order valence-corrected chi connectivity index (χ0v) is 13.6. The lowest BCUT2D eigenvalue weighted by atomic mass is 9.84. The minimum absolute atomic E-state index is 0.0280. The molecule has 1 atom stereocenters. The predicted octanol–water partition coefficient (Wildman–Crippen LogP) is 1.38. The van der Waals surface area contributed by atoms with Crippen LogP contribution in [-0.2, 0) is 9.59 Å². The number of rotatable bonds is 4. The number of carbonyl (C=O) groups excluding carboxylic acids is 2. The van der Waals surface area contributed by atoms with Crippen molar-refractivity contribution >= 4 is 11.8 Å². The van der Waals surface area contributed by atoms with Gasteiger partial charge >= 0.3 is 0 Å². The molecular weight excluding hydrogens is 278 g/mol. The van der Waals surface area contributed by atoms with Crippen molar-refractivity contribution in [1.29, 1.82) is 0 Å². The molecule has 3 aliphatic rings. The van der Waals surface area contributed by atoms with E-state index in [9.17, 15) is 9.59 Å². The zero-order chi connectivity index (χ0) is 15.4. The van der Waals surface area contributed by atoms with Gasteiger partial charge in [0.15, 0.2) is 0 Å². The molecule has 124 valence electrons. The molecule has 2 aliphatic heterocycles. The molecule has 0 aromatic heterocycles. The fraction of sp³-hybridized carbons (Fsp3) is 0.882. The molecule has 2 amide bonds. The molecule has 0 aromatic carbocycles. The Hall–Kier alpha value is -1.10. The first kappa shape index (κ1) is 15.8. The number of hydrogen-bond donors (Lipinski definition) is 1. The van der Waals surface area contributed by atoms with Crippen LogP contribution in [0.5, 0.6) is 0 Å². The van der Waals surface area contributed by atoms with Gasteiger partial charge in [0, 0.05) is 19.1 Å². The van der Waals surface area contributed by atoms with Crippen LogP contribution >= 0.6 is 0 Å². The van der Waals surface area contributed by atoms with Crippen LogP contribution in [0.15, 0.2) is 0 Å². The van der Waals surface area contributed by atoms with Gasteiger partial charge in [-0.05, 0) is 31.7 Å². The molecular formula is C17H29N3O2. The Morgan fingerprint density at radius 1 is 1.09 bits per heavy atom. The van der Waals surface area contributed by atoms with Crippen molar-refractivity contribution in [2.45, 2.75) is 57.4 Å². The van der Waals surface area contributed by atoms with E-state index in [0.29, 0.717) is 25.7 Å². The maximum Gasteiger partial charge on any atom is 0.239 e. The van der Waals surface area contributed by atoms with E-state index in [2.05, 4.69) is 10.2 Å². The van der Waals surface area contributed by atoms with Gasteiger partial charge in [0.1, 0.15) is 0 Å². The summed E-state index contributed by atoms with van der Waals surface area (Å²) in [6.07, 6.45) is 10.7. The van der Waals surface area contributed by atoms with Crippen molar-refractivity contribution < 1.29 is 9.59 Å². The van der Waals surface area contributed by atoms with Gasteiger partial charge in [-0.15, -0.1) is 0 Å². The quantitative estimate of drug-likeness (QED) is 0.854. The second-order valence-electron chi connectivity index (χ2n) is 7.17. The summed E-state index contributed by atoms with van der Waals surface area (Å²) in [6.45, 7) is 3.04. The van der Waals surface area contributed by atoms with Gasteiger partial charge < -0.3 is 10.2 Å². The normalized spacial score (nSPS) is 27.9. The monoisotopic (exact) mass is 307 g/mol. The van der Waals surface area contributed by atoms with Crippen LogP contribution < -0.4 is 5.32 Å². The molecule has 0 bridgehead atoms. The van der Waals surface area contributed by atoms with E-state index in [-0.39, 0.29) is 18.4 Å². The van der Waals surface area contributed by atoms with Gasteiger partial charge in [-0.1, -0.05) is 32.1 Å². The molecule has 1 saturated carbocycles. The van der Waals surface area contributed by atoms with Gasteiger partial charge in [0.2, 0.25) is 11.8 Å². The number of amides is 2. The fourth-order valence-electron chi connectivity index (χ4n) is 4.30. The standard InChI is InChI=1S/C17H29N3O2/c21-16-12-20(10-8-18-16)17(22)13-19-9-4-7-15(19)11-14-5-2-1-3-6-14/h14-15H,1-13H2,(H,18,21)/t15-/m0/s1. The average Bonchev–Trinajstić information content (AvgIpc) is 2.95. The van der Waals surface area contributed by atoms with Crippen LogP contribution in [0.2, 0.25) is 0 Å². The Kier molecular flexibility index (Phi) is 5.34. The van der Waals surface area contributed by atoms with Gasteiger partial charge in [-0.25, -0.2) is 0 Å². The first-order chi connectivity index (χ1) is 10.7. The molecule has 1 aliphatic carbocycles. The second kappa shape index (κ2) is 7.44. The summed E-state index contributed by atoms with van der Waals surface area (Å²) in [4.78, 5) is 28.0. The summed E-state index contributed by atoms with van der Waals surface area (Å²) in [6, 6.07) is 0.589. The maximum atomic E-state index is 12.4. The maximum absolute atomic E-state index is 12.4. The third-order valence-corrected chi connectivity index (χ3v) is 5.56. The largest absolute Gasteiger partial charge is 0.353 e. The summed E-state index contributed by atoms with van der Waals surface area (Å²) >= 11 is 0. The summed E-state index contributed by atoms with van der Waals surface area (Å²) < 4.78 is 0. The van der Waals surface area contributed by atoms with Crippen molar-refractivity contribution in [3.05, 3.63) is 0 Å². The molecule has 1 N–H and O–H groups in total. The summed E-state index contributed by atoms with van der Waals surface area (Å²) in [5, 5.41) is 2.78. The van der Waals surface area contributed by atoms with Crippen LogP contribution in [0.3, 0.4) is 0 Å². The fourth-order valence-corrected chi connectivity index (χ4v) is 4.30. The predicted molar refractivity (Wildman–Crippen MR) is 85.4 cm³/mol. The van der Waals surface area contributed by atoms with Crippen LogP contribution in [-0.4, -0.2) is 60.4 Å². The average molecular weight is 307 g/mol. The van der Waals surface area contributed by atoms with Crippen molar-refractivity contribution in [1.82, 2.24) is 15.1 Å². The van der Waals surface area contributed by atoms with Crippen molar-refractivity contribution in [2.24, 2.45) is 5.92 Å². The lowest BCUT2D eigenvalue weighted by Crippen LogP contribution is -2.52. The van der Waals surface area contributed by atoms with E-state index < -0.39 is 0 Å². The molecule has 0 aromatic rings. The molecule has 2 saturated heterocycles. The topological polar surface area (TPSA) is 52.7 Å². The minimum atomic E-state index is -0.0280. The first-order valence-corrected chi connectivity index (χ1v) is 9.01. The Bertz CT molecular complexity index is 407. The Morgan fingerprint density at radius 3 is 2.68 bits per heavy atom. The highest BCUT2D eigenvalue weighted by Gasteiger charge is 2.31. The lowest BCUT2D eigenvalue weighted by Gasteiger charge is -2.32. The summed E-state index contributed by atoms with van der Waals surface area (Å²) in [7, 11) is 0. The van der Waals surface area contributed by atoms with Gasteiger partial charge in [-0.3, -0.25) is 14.5 Å². The Labute approximate surface area is 133 Å². The molecule has 2 heterocycles. The number of piperazine rings is 1. The van der Waals surface area contributed by atoms with Crippen molar-refractivity contribution in [3.63, 3.8) is 0 Å². The SMILES string of the molecule is O=C1CN(C(=O)CN2CCC[C@H]2CC2CCCCC2)CCN1. The molecule has 5 nitrogen and oxygen atoms in total. The van der Waals surface area contributed by atoms with E-state index in [1.807, 2.05) is 0 Å².